The summed E-state index contributed by atoms with van der Waals surface area (Å²) in [5.41, 5.74) is 2.42. The lowest BCUT2D eigenvalue weighted by atomic mass is 10.2. The molecule has 0 aromatic carbocycles. The first-order valence-corrected chi connectivity index (χ1v) is 8.89. The number of nitrogens with zero attached hydrogens (tertiary/aromatic N) is 2. The van der Waals surface area contributed by atoms with Crippen molar-refractivity contribution in [2.75, 3.05) is 0 Å². The van der Waals surface area contributed by atoms with Crippen LogP contribution >= 0.6 is 11.3 Å². The van der Waals surface area contributed by atoms with Crippen LogP contribution in [0.2, 0.25) is 0 Å². The van der Waals surface area contributed by atoms with Crippen LogP contribution in [0, 0.1) is 0 Å². The molecule has 0 aliphatic carbocycles. The van der Waals surface area contributed by atoms with E-state index in [4.69, 9.17) is 4.74 Å². The molecule has 0 aliphatic rings. The van der Waals surface area contributed by atoms with Gasteiger partial charge in [-0.1, -0.05) is 6.07 Å². The van der Waals surface area contributed by atoms with Crippen LogP contribution in [-0.4, -0.2) is 22.0 Å². The summed E-state index contributed by atoms with van der Waals surface area (Å²) in [4.78, 5) is 21.9. The molecule has 6 heteroatoms. The number of amides is 1. The number of pyridine rings is 2. The van der Waals surface area contributed by atoms with Crippen LogP contribution in [0.4, 0.5) is 0 Å². The molecule has 128 valence electrons. The van der Waals surface area contributed by atoms with Crippen molar-refractivity contribution in [2.45, 2.75) is 26.5 Å². The molecule has 0 atom stereocenters. The second-order valence-corrected chi connectivity index (χ2v) is 6.71. The van der Waals surface area contributed by atoms with Gasteiger partial charge in [0.1, 0.15) is 0 Å². The van der Waals surface area contributed by atoms with Crippen molar-refractivity contribution in [3.8, 4) is 16.5 Å². The Morgan fingerprint density at radius 3 is 2.80 bits per heavy atom. The molecule has 0 bridgehead atoms. The van der Waals surface area contributed by atoms with Crippen molar-refractivity contribution in [3.63, 3.8) is 0 Å². The third-order valence-electron chi connectivity index (χ3n) is 3.41. The highest BCUT2D eigenvalue weighted by Gasteiger charge is 2.08. The number of thiophene rings is 1. The fourth-order valence-electron chi connectivity index (χ4n) is 2.25. The molecule has 1 amide bonds. The highest BCUT2D eigenvalue weighted by atomic mass is 32.1. The van der Waals surface area contributed by atoms with Crippen molar-refractivity contribution >= 4 is 17.2 Å². The summed E-state index contributed by atoms with van der Waals surface area (Å²) in [7, 11) is 0. The summed E-state index contributed by atoms with van der Waals surface area (Å²) >= 11 is 1.64. The first-order chi connectivity index (χ1) is 12.1. The van der Waals surface area contributed by atoms with Gasteiger partial charge in [-0.15, -0.1) is 11.3 Å². The molecule has 0 unspecified atom stereocenters. The molecule has 0 aliphatic heterocycles. The molecule has 5 nitrogen and oxygen atoms in total. The maximum Gasteiger partial charge on any atom is 0.253 e. The number of carbonyl (C=O) groups is 1. The zero-order chi connectivity index (χ0) is 17.6. The van der Waals surface area contributed by atoms with Gasteiger partial charge in [0.15, 0.2) is 0 Å². The van der Waals surface area contributed by atoms with E-state index >= 15 is 0 Å². The maximum absolute atomic E-state index is 12.3. The van der Waals surface area contributed by atoms with Crippen LogP contribution in [0.25, 0.3) is 10.6 Å². The zero-order valence-electron chi connectivity index (χ0n) is 14.1. The van der Waals surface area contributed by atoms with Crippen LogP contribution in [-0.2, 0) is 6.54 Å². The van der Waals surface area contributed by atoms with Gasteiger partial charge in [-0.3, -0.25) is 9.78 Å². The maximum atomic E-state index is 12.3. The van der Waals surface area contributed by atoms with Crippen molar-refractivity contribution in [1.29, 1.82) is 0 Å². The molecular weight excluding hydrogens is 334 g/mol. The lowest BCUT2D eigenvalue weighted by molar-refractivity contribution is 0.0950. The predicted octanol–water partition coefficient (Wildman–Crippen LogP) is 3.92. The molecule has 0 saturated carbocycles. The standard InChI is InChI=1S/C19H19N3O2S/c1-13(2)24-18-6-5-15(12-21-18)19(23)22-11-14-7-8-20-16(10-14)17-4-3-9-25-17/h3-10,12-13H,11H2,1-2H3,(H,22,23). The van der Waals surface area contributed by atoms with Gasteiger partial charge < -0.3 is 10.1 Å². The van der Waals surface area contributed by atoms with Gasteiger partial charge in [-0.25, -0.2) is 4.98 Å². The van der Waals surface area contributed by atoms with Crippen molar-refractivity contribution in [2.24, 2.45) is 0 Å². The Morgan fingerprint density at radius 1 is 1.24 bits per heavy atom. The lowest BCUT2D eigenvalue weighted by Gasteiger charge is -2.09. The predicted molar refractivity (Wildman–Crippen MR) is 98.7 cm³/mol. The van der Waals surface area contributed by atoms with Gasteiger partial charge in [0.2, 0.25) is 5.88 Å². The molecule has 0 saturated heterocycles. The summed E-state index contributed by atoms with van der Waals surface area (Å²) in [6, 6.07) is 11.3. The minimum absolute atomic E-state index is 0.0522. The molecule has 0 fully saturated rings. The third-order valence-corrected chi connectivity index (χ3v) is 4.30. The number of rotatable bonds is 6. The van der Waals surface area contributed by atoms with Crippen molar-refractivity contribution < 1.29 is 9.53 Å². The molecule has 0 radical (unpaired) electrons. The Morgan fingerprint density at radius 2 is 2.12 bits per heavy atom. The second kappa shape index (κ2) is 7.90. The van der Waals surface area contributed by atoms with E-state index in [0.29, 0.717) is 18.0 Å². The van der Waals surface area contributed by atoms with E-state index in [2.05, 4.69) is 15.3 Å². The van der Waals surface area contributed by atoms with Crippen LogP contribution in [0.15, 0.2) is 54.2 Å². The summed E-state index contributed by atoms with van der Waals surface area (Å²) in [5, 5.41) is 4.92. The molecule has 3 aromatic rings. The smallest absolute Gasteiger partial charge is 0.253 e. The van der Waals surface area contributed by atoms with Crippen LogP contribution in [0.5, 0.6) is 5.88 Å². The average Bonchev–Trinajstić information content (AvgIpc) is 3.15. The molecular formula is C19H19N3O2S. The summed E-state index contributed by atoms with van der Waals surface area (Å²) in [6.07, 6.45) is 3.34. The Labute approximate surface area is 150 Å². The molecule has 3 rings (SSSR count). The number of aromatic nitrogens is 2. The van der Waals surface area contributed by atoms with Gasteiger partial charge in [-0.2, -0.15) is 0 Å². The normalized spacial score (nSPS) is 10.7. The second-order valence-electron chi connectivity index (χ2n) is 5.76. The van der Waals surface area contributed by atoms with Crippen LogP contribution < -0.4 is 10.1 Å². The molecule has 0 spiro atoms. The van der Waals surface area contributed by atoms with E-state index < -0.39 is 0 Å². The first-order valence-electron chi connectivity index (χ1n) is 8.01. The fraction of sp³-hybridized carbons (Fsp3) is 0.211. The zero-order valence-corrected chi connectivity index (χ0v) is 14.9. The number of nitrogens with one attached hydrogen (secondary N) is 1. The van der Waals surface area contributed by atoms with Crippen LogP contribution in [0.1, 0.15) is 29.8 Å². The number of hydrogen-bond donors (Lipinski definition) is 1. The van der Waals surface area contributed by atoms with E-state index in [0.717, 1.165) is 16.1 Å². The lowest BCUT2D eigenvalue weighted by Crippen LogP contribution is -2.23. The third kappa shape index (κ3) is 4.64. The Kier molecular flexibility index (Phi) is 5.40. The van der Waals surface area contributed by atoms with E-state index in [1.165, 1.54) is 6.20 Å². The molecule has 1 N–H and O–H groups in total. The number of hydrogen-bond acceptors (Lipinski definition) is 5. The fourth-order valence-corrected chi connectivity index (χ4v) is 2.95. The van der Waals surface area contributed by atoms with E-state index in [-0.39, 0.29) is 12.0 Å². The Balaban J connectivity index is 1.61. The molecule has 3 aromatic heterocycles. The SMILES string of the molecule is CC(C)Oc1ccc(C(=O)NCc2ccnc(-c3cccs3)c2)cn1. The van der Waals surface area contributed by atoms with E-state index in [1.807, 2.05) is 43.5 Å². The molecule has 25 heavy (non-hydrogen) atoms. The highest BCUT2D eigenvalue weighted by Crippen LogP contribution is 2.23. The monoisotopic (exact) mass is 353 g/mol. The number of ether oxygens (including phenoxy) is 1. The summed E-state index contributed by atoms with van der Waals surface area (Å²) in [5.74, 6) is 0.347. The topological polar surface area (TPSA) is 64.1 Å². The van der Waals surface area contributed by atoms with Gasteiger partial charge in [0.25, 0.3) is 5.91 Å². The quantitative estimate of drug-likeness (QED) is 0.729. The Bertz CT molecular complexity index is 830. The van der Waals surface area contributed by atoms with E-state index in [9.17, 15) is 4.79 Å². The highest BCUT2D eigenvalue weighted by molar-refractivity contribution is 7.13. The van der Waals surface area contributed by atoms with Crippen LogP contribution in [0.3, 0.4) is 0 Å². The van der Waals surface area contributed by atoms with E-state index in [1.54, 1.807) is 29.7 Å². The van der Waals surface area contributed by atoms with Crippen molar-refractivity contribution in [1.82, 2.24) is 15.3 Å². The average molecular weight is 353 g/mol. The van der Waals surface area contributed by atoms with Gasteiger partial charge >= 0.3 is 0 Å². The first kappa shape index (κ1) is 17.1. The minimum atomic E-state index is -0.168. The minimum Gasteiger partial charge on any atom is -0.475 e. The van der Waals surface area contributed by atoms with Gasteiger partial charge in [0, 0.05) is 25.0 Å². The summed E-state index contributed by atoms with van der Waals surface area (Å²) in [6.45, 7) is 4.30. The largest absolute Gasteiger partial charge is 0.475 e. The summed E-state index contributed by atoms with van der Waals surface area (Å²) < 4.78 is 5.48. The molecule has 3 heterocycles. The van der Waals surface area contributed by atoms with Crippen molar-refractivity contribution in [3.05, 3.63) is 65.3 Å². The number of carbonyl (C=O) groups excluding carboxylic acids is 1. The van der Waals surface area contributed by atoms with Gasteiger partial charge in [-0.05, 0) is 49.1 Å². The Hall–Kier alpha value is -2.73. The van der Waals surface area contributed by atoms with Gasteiger partial charge in [0.05, 0.1) is 22.2 Å².